The topological polar surface area (TPSA) is 100 Å². The van der Waals surface area contributed by atoms with Crippen LogP contribution in [0.1, 0.15) is 47.4 Å². The number of anilines is 2. The molecule has 0 aromatic carbocycles. The molecule has 0 spiro atoms. The highest BCUT2D eigenvalue weighted by molar-refractivity contribution is 5.95. The first-order valence-electron chi connectivity index (χ1n) is 11.0. The van der Waals surface area contributed by atoms with Gasteiger partial charge >= 0.3 is 0 Å². The zero-order valence-corrected chi connectivity index (χ0v) is 18.1. The summed E-state index contributed by atoms with van der Waals surface area (Å²) in [5, 5.41) is 4.25. The Hall–Kier alpha value is -3.30. The summed E-state index contributed by atoms with van der Waals surface area (Å²) in [6.07, 6.45) is 3.41. The van der Waals surface area contributed by atoms with Crippen molar-refractivity contribution >= 4 is 28.6 Å². The lowest BCUT2D eigenvalue weighted by Crippen LogP contribution is -2.50. The number of carbonyl (C=O) groups excluding carboxylic acids is 1. The Morgan fingerprint density at radius 1 is 1.28 bits per heavy atom. The number of nitrogens with zero attached hydrogens (tertiary/aromatic N) is 6. The molecule has 1 aliphatic carbocycles. The van der Waals surface area contributed by atoms with E-state index in [0.717, 1.165) is 41.1 Å². The molecule has 1 amide bonds. The number of amides is 1. The van der Waals surface area contributed by atoms with Crippen molar-refractivity contribution in [2.75, 3.05) is 29.9 Å². The van der Waals surface area contributed by atoms with Crippen LogP contribution >= 0.6 is 0 Å². The van der Waals surface area contributed by atoms with E-state index in [-0.39, 0.29) is 17.3 Å². The molecular weight excluding hydrogens is 413 g/mol. The highest BCUT2D eigenvalue weighted by Gasteiger charge is 2.39. The molecule has 1 saturated carbocycles. The fourth-order valence-corrected chi connectivity index (χ4v) is 4.35. The monoisotopic (exact) mass is 437 g/mol. The minimum atomic E-state index is -0.805. The van der Waals surface area contributed by atoms with Crippen LogP contribution < -0.4 is 10.2 Å². The number of hydrogen-bond acceptors (Lipinski definition) is 8. The highest BCUT2D eigenvalue weighted by Crippen LogP contribution is 2.39. The molecule has 0 atom stereocenters. The quantitative estimate of drug-likeness (QED) is 0.665. The molecule has 166 valence electrons. The van der Waals surface area contributed by atoms with E-state index in [1.807, 2.05) is 17.9 Å². The Morgan fingerprint density at radius 2 is 2.09 bits per heavy atom. The first kappa shape index (κ1) is 19.4. The number of carbonyl (C=O) groups is 1. The number of alkyl halides is 1. The van der Waals surface area contributed by atoms with Crippen molar-refractivity contribution in [2.45, 2.75) is 51.4 Å². The van der Waals surface area contributed by atoms with E-state index in [0.29, 0.717) is 44.1 Å². The third-order valence-electron chi connectivity index (χ3n) is 6.54. The normalized spacial score (nSPS) is 19.6. The lowest BCUT2D eigenvalue weighted by molar-refractivity contribution is 0.0719. The predicted molar refractivity (Wildman–Crippen MR) is 115 cm³/mol. The fraction of sp³-hybridized carbons (Fsp3) is 0.500. The van der Waals surface area contributed by atoms with Gasteiger partial charge < -0.3 is 19.5 Å². The van der Waals surface area contributed by atoms with E-state index in [2.05, 4.69) is 32.2 Å². The summed E-state index contributed by atoms with van der Waals surface area (Å²) >= 11 is 0. The van der Waals surface area contributed by atoms with Gasteiger partial charge in [0, 0.05) is 17.6 Å². The SMILES string of the molecule is Cc1cc2c(NC3(C)CC3)nc(C(=O)N3CCc4c(ncnc4N4CC(F)C4)C3)nc2o1. The van der Waals surface area contributed by atoms with Gasteiger partial charge in [0.1, 0.15) is 29.9 Å². The standard InChI is InChI=1S/C22H24FN7O2/c1-12-7-15-17(28-22(2)4-5-22)26-18(27-20(15)32-12)21(31)29-6-3-14-16(10-29)24-11-25-19(14)30-8-13(23)9-30/h7,11,13H,3-6,8-10H2,1-2H3,(H,26,27,28). The van der Waals surface area contributed by atoms with E-state index in [9.17, 15) is 9.18 Å². The molecule has 10 heteroatoms. The Bertz CT molecular complexity index is 1230. The van der Waals surface area contributed by atoms with Crippen LogP contribution in [0.15, 0.2) is 16.8 Å². The summed E-state index contributed by atoms with van der Waals surface area (Å²) < 4.78 is 19.1. The Kier molecular flexibility index (Phi) is 4.15. The van der Waals surface area contributed by atoms with Gasteiger partial charge in [-0.25, -0.2) is 19.3 Å². The molecule has 0 unspecified atom stereocenters. The number of halogens is 1. The number of nitrogens with one attached hydrogen (secondary N) is 1. The molecule has 1 saturated heterocycles. The summed E-state index contributed by atoms with van der Waals surface area (Å²) in [5.41, 5.74) is 2.19. The van der Waals surface area contributed by atoms with Crippen molar-refractivity contribution < 1.29 is 13.6 Å². The molecule has 5 heterocycles. The average Bonchev–Trinajstić information content (AvgIpc) is 3.35. The molecule has 2 aliphatic heterocycles. The summed E-state index contributed by atoms with van der Waals surface area (Å²) in [6.45, 7) is 5.55. The maximum atomic E-state index is 13.4. The van der Waals surface area contributed by atoms with Crippen molar-refractivity contribution in [3.63, 3.8) is 0 Å². The van der Waals surface area contributed by atoms with Gasteiger partial charge in [0.15, 0.2) is 0 Å². The first-order valence-corrected chi connectivity index (χ1v) is 11.0. The molecule has 3 aliphatic rings. The second-order valence-electron chi connectivity index (χ2n) is 9.26. The van der Waals surface area contributed by atoms with Gasteiger partial charge in [-0.3, -0.25) is 4.79 Å². The Balaban J connectivity index is 1.29. The van der Waals surface area contributed by atoms with Crippen LogP contribution in [0.2, 0.25) is 0 Å². The van der Waals surface area contributed by atoms with Crippen molar-refractivity contribution in [2.24, 2.45) is 0 Å². The van der Waals surface area contributed by atoms with Gasteiger partial charge in [0.25, 0.3) is 5.91 Å². The average molecular weight is 437 g/mol. The molecule has 3 aromatic rings. The number of hydrogen-bond donors (Lipinski definition) is 1. The van der Waals surface area contributed by atoms with Crippen molar-refractivity contribution in [1.82, 2.24) is 24.8 Å². The van der Waals surface area contributed by atoms with Crippen LogP contribution in [-0.2, 0) is 13.0 Å². The van der Waals surface area contributed by atoms with Gasteiger partial charge in [-0.15, -0.1) is 0 Å². The Labute approximate surface area is 184 Å². The van der Waals surface area contributed by atoms with Crippen LogP contribution in [0.4, 0.5) is 16.0 Å². The zero-order valence-electron chi connectivity index (χ0n) is 18.1. The molecule has 0 bridgehead atoms. The van der Waals surface area contributed by atoms with Crippen molar-refractivity contribution in [3.05, 3.63) is 35.2 Å². The van der Waals surface area contributed by atoms with Gasteiger partial charge in [-0.05, 0) is 39.2 Å². The van der Waals surface area contributed by atoms with E-state index < -0.39 is 6.17 Å². The number of furan rings is 1. The molecule has 3 aromatic heterocycles. The number of aryl methyl sites for hydroxylation is 1. The maximum Gasteiger partial charge on any atom is 0.292 e. The zero-order chi connectivity index (χ0) is 22.0. The third kappa shape index (κ3) is 3.25. The van der Waals surface area contributed by atoms with Crippen molar-refractivity contribution in [1.29, 1.82) is 0 Å². The van der Waals surface area contributed by atoms with E-state index >= 15 is 0 Å². The first-order chi connectivity index (χ1) is 15.4. The largest absolute Gasteiger partial charge is 0.443 e. The van der Waals surface area contributed by atoms with Crippen molar-refractivity contribution in [3.8, 4) is 0 Å². The van der Waals surface area contributed by atoms with Crippen LogP contribution in [0.3, 0.4) is 0 Å². The highest BCUT2D eigenvalue weighted by atomic mass is 19.1. The lowest BCUT2D eigenvalue weighted by atomic mass is 10.0. The predicted octanol–water partition coefficient (Wildman–Crippen LogP) is 2.64. The summed E-state index contributed by atoms with van der Waals surface area (Å²) in [4.78, 5) is 34.8. The second-order valence-corrected chi connectivity index (χ2v) is 9.26. The molecule has 6 rings (SSSR count). The van der Waals surface area contributed by atoms with E-state index in [1.54, 1.807) is 4.90 Å². The third-order valence-corrected chi connectivity index (χ3v) is 6.54. The number of rotatable bonds is 4. The van der Waals surface area contributed by atoms with Gasteiger partial charge in [0.05, 0.1) is 30.7 Å². The van der Waals surface area contributed by atoms with Crippen LogP contribution in [0, 0.1) is 6.92 Å². The molecule has 2 fully saturated rings. The van der Waals surface area contributed by atoms with Crippen LogP contribution in [0.5, 0.6) is 0 Å². The number of aromatic nitrogens is 4. The smallest absolute Gasteiger partial charge is 0.292 e. The minimum absolute atomic E-state index is 0.000361. The lowest BCUT2D eigenvalue weighted by Gasteiger charge is -2.38. The minimum Gasteiger partial charge on any atom is -0.443 e. The molecule has 32 heavy (non-hydrogen) atoms. The van der Waals surface area contributed by atoms with Crippen LogP contribution in [-0.4, -0.2) is 62.1 Å². The Morgan fingerprint density at radius 3 is 2.84 bits per heavy atom. The van der Waals surface area contributed by atoms with E-state index in [1.165, 1.54) is 6.33 Å². The summed E-state index contributed by atoms with van der Waals surface area (Å²) in [5.74, 6) is 1.99. The van der Waals surface area contributed by atoms with Gasteiger partial charge in [-0.1, -0.05) is 0 Å². The fourth-order valence-electron chi connectivity index (χ4n) is 4.35. The maximum absolute atomic E-state index is 13.4. The van der Waals surface area contributed by atoms with Gasteiger partial charge in [0.2, 0.25) is 11.5 Å². The van der Waals surface area contributed by atoms with Crippen LogP contribution in [0.25, 0.3) is 11.1 Å². The van der Waals surface area contributed by atoms with Gasteiger partial charge in [-0.2, -0.15) is 4.98 Å². The summed E-state index contributed by atoms with van der Waals surface area (Å²) in [7, 11) is 0. The van der Waals surface area contributed by atoms with E-state index in [4.69, 9.17) is 4.42 Å². The summed E-state index contributed by atoms with van der Waals surface area (Å²) in [6, 6.07) is 1.89. The molecule has 0 radical (unpaired) electrons. The second kappa shape index (κ2) is 6.85. The molecular formula is C22H24FN7O2. The number of fused-ring (bicyclic) bond motifs is 2. The molecule has 9 nitrogen and oxygen atoms in total. The molecule has 1 N–H and O–H groups in total.